The molecule has 1 aromatic carbocycles. The van der Waals surface area contributed by atoms with Gasteiger partial charge in [0.1, 0.15) is 5.75 Å². The van der Waals surface area contributed by atoms with Crippen molar-refractivity contribution in [2.24, 2.45) is 11.1 Å². The summed E-state index contributed by atoms with van der Waals surface area (Å²) in [4.78, 5) is 11.9. The van der Waals surface area contributed by atoms with E-state index in [0.29, 0.717) is 13.0 Å². The standard InChI is InChI=1S/C14H22N2O2/c1-10-7-11(5-6-12(10)18-4)16-13(17)8-14(2,3)9-15/h5-7H,8-9,15H2,1-4H3,(H,16,17). The van der Waals surface area contributed by atoms with Gasteiger partial charge in [0.2, 0.25) is 5.91 Å². The van der Waals surface area contributed by atoms with Gasteiger partial charge in [-0.3, -0.25) is 4.79 Å². The fourth-order valence-electron chi connectivity index (χ4n) is 1.67. The summed E-state index contributed by atoms with van der Waals surface area (Å²) >= 11 is 0. The van der Waals surface area contributed by atoms with Gasteiger partial charge in [0, 0.05) is 12.1 Å². The zero-order valence-corrected chi connectivity index (χ0v) is 11.5. The number of anilines is 1. The zero-order chi connectivity index (χ0) is 13.8. The number of aryl methyl sites for hydroxylation is 1. The SMILES string of the molecule is COc1ccc(NC(=O)CC(C)(C)CN)cc1C. The highest BCUT2D eigenvalue weighted by molar-refractivity contribution is 5.91. The number of ether oxygens (including phenoxy) is 1. The average Bonchev–Trinajstić information content (AvgIpc) is 2.28. The van der Waals surface area contributed by atoms with Crippen LogP contribution < -0.4 is 15.8 Å². The van der Waals surface area contributed by atoms with E-state index in [-0.39, 0.29) is 11.3 Å². The maximum absolute atomic E-state index is 11.9. The minimum absolute atomic E-state index is 0.0185. The first-order valence-corrected chi connectivity index (χ1v) is 6.02. The van der Waals surface area contributed by atoms with Gasteiger partial charge in [-0.25, -0.2) is 0 Å². The molecular formula is C14H22N2O2. The van der Waals surface area contributed by atoms with Gasteiger partial charge >= 0.3 is 0 Å². The second-order valence-electron chi connectivity index (χ2n) is 5.28. The van der Waals surface area contributed by atoms with Gasteiger partial charge in [-0.05, 0) is 42.6 Å². The highest BCUT2D eigenvalue weighted by Gasteiger charge is 2.20. The van der Waals surface area contributed by atoms with Gasteiger partial charge in [-0.1, -0.05) is 13.8 Å². The van der Waals surface area contributed by atoms with Crippen LogP contribution in [0.15, 0.2) is 18.2 Å². The first-order chi connectivity index (χ1) is 8.38. The summed E-state index contributed by atoms with van der Waals surface area (Å²) < 4.78 is 5.17. The molecule has 4 heteroatoms. The van der Waals surface area contributed by atoms with Gasteiger partial charge in [-0.15, -0.1) is 0 Å². The molecule has 0 saturated heterocycles. The lowest BCUT2D eigenvalue weighted by Crippen LogP contribution is -2.29. The predicted molar refractivity (Wildman–Crippen MR) is 73.8 cm³/mol. The molecule has 1 rings (SSSR count). The van der Waals surface area contributed by atoms with Gasteiger partial charge in [0.25, 0.3) is 0 Å². The molecule has 1 amide bonds. The van der Waals surface area contributed by atoms with E-state index in [1.807, 2.05) is 39.0 Å². The number of carbonyl (C=O) groups excluding carboxylic acids is 1. The van der Waals surface area contributed by atoms with Crippen molar-refractivity contribution in [2.75, 3.05) is 19.0 Å². The van der Waals surface area contributed by atoms with Crippen LogP contribution in [0.25, 0.3) is 0 Å². The summed E-state index contributed by atoms with van der Waals surface area (Å²) in [6, 6.07) is 5.57. The van der Waals surface area contributed by atoms with Crippen molar-refractivity contribution in [1.82, 2.24) is 0 Å². The van der Waals surface area contributed by atoms with Crippen LogP contribution in [0.2, 0.25) is 0 Å². The second-order valence-corrected chi connectivity index (χ2v) is 5.28. The van der Waals surface area contributed by atoms with E-state index >= 15 is 0 Å². The molecule has 0 aliphatic carbocycles. The molecule has 0 bridgehead atoms. The fraction of sp³-hybridized carbons (Fsp3) is 0.500. The molecule has 0 atom stereocenters. The molecule has 0 fully saturated rings. The molecule has 18 heavy (non-hydrogen) atoms. The summed E-state index contributed by atoms with van der Waals surface area (Å²) in [7, 11) is 1.63. The third-order valence-corrected chi connectivity index (χ3v) is 2.87. The number of benzene rings is 1. The molecule has 0 unspecified atom stereocenters. The number of methoxy groups -OCH3 is 1. The molecule has 100 valence electrons. The molecule has 0 spiro atoms. The Hall–Kier alpha value is -1.55. The van der Waals surface area contributed by atoms with Gasteiger partial charge < -0.3 is 15.8 Å². The van der Waals surface area contributed by atoms with Crippen molar-refractivity contribution in [3.63, 3.8) is 0 Å². The predicted octanol–water partition coefficient (Wildman–Crippen LogP) is 2.32. The molecule has 0 aliphatic heterocycles. The van der Waals surface area contributed by atoms with Crippen LogP contribution in [0.1, 0.15) is 25.8 Å². The van der Waals surface area contributed by atoms with Gasteiger partial charge in [0.15, 0.2) is 0 Å². The van der Waals surface area contributed by atoms with Crippen LogP contribution in [0.5, 0.6) is 5.75 Å². The monoisotopic (exact) mass is 250 g/mol. The molecular weight excluding hydrogens is 228 g/mol. The Morgan fingerprint density at radius 2 is 2.11 bits per heavy atom. The van der Waals surface area contributed by atoms with Crippen molar-refractivity contribution >= 4 is 11.6 Å². The maximum atomic E-state index is 11.9. The van der Waals surface area contributed by atoms with Crippen LogP contribution in [0.4, 0.5) is 5.69 Å². The van der Waals surface area contributed by atoms with Crippen LogP contribution in [0.3, 0.4) is 0 Å². The van der Waals surface area contributed by atoms with Crippen LogP contribution in [-0.2, 0) is 4.79 Å². The van der Waals surface area contributed by atoms with E-state index in [2.05, 4.69) is 5.32 Å². The van der Waals surface area contributed by atoms with Gasteiger partial charge in [0.05, 0.1) is 7.11 Å². The number of rotatable bonds is 5. The molecule has 0 saturated carbocycles. The highest BCUT2D eigenvalue weighted by Crippen LogP contribution is 2.23. The minimum atomic E-state index is -0.175. The number of hydrogen-bond acceptors (Lipinski definition) is 3. The molecule has 3 N–H and O–H groups in total. The van der Waals surface area contributed by atoms with E-state index < -0.39 is 0 Å². The van der Waals surface area contributed by atoms with E-state index in [9.17, 15) is 4.79 Å². The molecule has 0 heterocycles. The zero-order valence-electron chi connectivity index (χ0n) is 11.5. The Bertz CT molecular complexity index is 428. The van der Waals surface area contributed by atoms with E-state index in [1.165, 1.54) is 0 Å². The van der Waals surface area contributed by atoms with Crippen LogP contribution in [0, 0.1) is 12.3 Å². The van der Waals surface area contributed by atoms with E-state index in [4.69, 9.17) is 10.5 Å². The molecule has 0 aliphatic rings. The number of nitrogens with one attached hydrogen (secondary N) is 1. The van der Waals surface area contributed by atoms with E-state index in [1.54, 1.807) is 7.11 Å². The minimum Gasteiger partial charge on any atom is -0.496 e. The smallest absolute Gasteiger partial charge is 0.224 e. The second kappa shape index (κ2) is 5.87. The van der Waals surface area contributed by atoms with Gasteiger partial charge in [-0.2, -0.15) is 0 Å². The number of amides is 1. The Balaban J connectivity index is 2.68. The summed E-state index contributed by atoms with van der Waals surface area (Å²) in [5.74, 6) is 0.797. The van der Waals surface area contributed by atoms with Crippen LogP contribution >= 0.6 is 0 Å². The quantitative estimate of drug-likeness (QED) is 0.843. The summed E-state index contributed by atoms with van der Waals surface area (Å²) in [5, 5.41) is 2.87. The van der Waals surface area contributed by atoms with Crippen molar-refractivity contribution in [3.8, 4) is 5.75 Å². The van der Waals surface area contributed by atoms with Crippen LogP contribution in [-0.4, -0.2) is 19.6 Å². The summed E-state index contributed by atoms with van der Waals surface area (Å²) in [5.41, 5.74) is 7.22. The van der Waals surface area contributed by atoms with E-state index in [0.717, 1.165) is 17.0 Å². The van der Waals surface area contributed by atoms with Crippen molar-refractivity contribution in [1.29, 1.82) is 0 Å². The number of hydrogen-bond donors (Lipinski definition) is 2. The number of carbonyl (C=O) groups is 1. The summed E-state index contributed by atoms with van der Waals surface area (Å²) in [6.07, 6.45) is 0.411. The normalized spacial score (nSPS) is 11.2. The lowest BCUT2D eigenvalue weighted by molar-refractivity contribution is -0.117. The van der Waals surface area contributed by atoms with Crippen molar-refractivity contribution < 1.29 is 9.53 Å². The lowest BCUT2D eigenvalue weighted by atomic mass is 9.89. The first kappa shape index (κ1) is 14.5. The van der Waals surface area contributed by atoms with Crippen molar-refractivity contribution in [3.05, 3.63) is 23.8 Å². The summed E-state index contributed by atoms with van der Waals surface area (Å²) in [6.45, 7) is 6.39. The fourth-order valence-corrected chi connectivity index (χ4v) is 1.67. The molecule has 0 aromatic heterocycles. The lowest BCUT2D eigenvalue weighted by Gasteiger charge is -2.21. The topological polar surface area (TPSA) is 64.3 Å². The Morgan fingerprint density at radius 3 is 2.61 bits per heavy atom. The highest BCUT2D eigenvalue weighted by atomic mass is 16.5. The number of nitrogens with two attached hydrogens (primary N) is 1. The maximum Gasteiger partial charge on any atom is 0.224 e. The molecule has 0 radical (unpaired) electrons. The molecule has 4 nitrogen and oxygen atoms in total. The Morgan fingerprint density at radius 1 is 1.44 bits per heavy atom. The third kappa shape index (κ3) is 4.04. The van der Waals surface area contributed by atoms with Crippen molar-refractivity contribution in [2.45, 2.75) is 27.2 Å². The molecule has 1 aromatic rings. The first-order valence-electron chi connectivity index (χ1n) is 6.02. The Labute approximate surface area is 109 Å². The average molecular weight is 250 g/mol. The Kier molecular flexibility index (Phi) is 4.73. The largest absolute Gasteiger partial charge is 0.496 e. The third-order valence-electron chi connectivity index (χ3n) is 2.87.